The van der Waals surface area contributed by atoms with Crippen LogP contribution in [0.1, 0.15) is 11.6 Å². The normalized spacial score (nSPS) is 20.2. The van der Waals surface area contributed by atoms with E-state index < -0.39 is 6.04 Å². The third-order valence-corrected chi connectivity index (χ3v) is 2.80. The number of methoxy groups -OCH3 is 2. The van der Waals surface area contributed by atoms with E-state index in [1.807, 2.05) is 24.3 Å². The van der Waals surface area contributed by atoms with Crippen molar-refractivity contribution < 1.29 is 14.3 Å². The zero-order valence-corrected chi connectivity index (χ0v) is 11.0. The van der Waals surface area contributed by atoms with Crippen molar-refractivity contribution in [3.05, 3.63) is 29.8 Å². The van der Waals surface area contributed by atoms with Crippen molar-refractivity contribution in [2.45, 2.75) is 6.04 Å². The van der Waals surface area contributed by atoms with E-state index in [0.717, 1.165) is 11.3 Å². The van der Waals surface area contributed by atoms with Crippen LogP contribution in [-0.4, -0.2) is 39.2 Å². The topological polar surface area (TPSA) is 72.0 Å². The number of benzene rings is 1. The first-order chi connectivity index (χ1) is 9.24. The molecule has 0 spiro atoms. The van der Waals surface area contributed by atoms with Crippen molar-refractivity contribution in [2.24, 2.45) is 4.99 Å². The number of guanidine groups is 1. The van der Waals surface area contributed by atoms with Gasteiger partial charge in [0.15, 0.2) is 5.96 Å². The van der Waals surface area contributed by atoms with Gasteiger partial charge in [-0.2, -0.15) is 0 Å². The van der Waals surface area contributed by atoms with Crippen LogP contribution >= 0.6 is 0 Å². The third-order valence-electron chi connectivity index (χ3n) is 2.80. The van der Waals surface area contributed by atoms with Gasteiger partial charge in [0.05, 0.1) is 20.3 Å². The first-order valence-electron chi connectivity index (χ1n) is 5.99. The number of ether oxygens (including phenoxy) is 2. The zero-order chi connectivity index (χ0) is 13.7. The predicted octanol–water partition coefficient (Wildman–Crippen LogP) is 0.458. The summed E-state index contributed by atoms with van der Waals surface area (Å²) in [4.78, 5) is 16.1. The summed E-state index contributed by atoms with van der Waals surface area (Å²) in [6.45, 7) is 1.03. The zero-order valence-electron chi connectivity index (χ0n) is 11.0. The van der Waals surface area contributed by atoms with Crippen LogP contribution in [-0.2, 0) is 9.53 Å². The molecule has 6 nitrogen and oxygen atoms in total. The van der Waals surface area contributed by atoms with E-state index in [0.29, 0.717) is 19.1 Å². The lowest BCUT2D eigenvalue weighted by Crippen LogP contribution is -2.26. The molecule has 1 saturated heterocycles. The molecule has 1 aliphatic rings. The summed E-state index contributed by atoms with van der Waals surface area (Å²) in [6, 6.07) is 6.95. The highest BCUT2D eigenvalue weighted by Crippen LogP contribution is 2.19. The standard InChI is InChI=1S/C13H17N3O3/c1-18-8-7-14-13-15-11(12(17)16-13)9-3-5-10(19-2)6-4-9/h3-6,11H,7-8H2,1-2H3,(H2,14,15,16,17). The summed E-state index contributed by atoms with van der Waals surface area (Å²) in [6.07, 6.45) is 0. The fraction of sp³-hybridized carbons (Fsp3) is 0.385. The third kappa shape index (κ3) is 3.23. The fourth-order valence-electron chi connectivity index (χ4n) is 1.79. The van der Waals surface area contributed by atoms with Gasteiger partial charge in [0.25, 0.3) is 5.91 Å². The van der Waals surface area contributed by atoms with Crippen LogP contribution in [0.5, 0.6) is 5.75 Å². The van der Waals surface area contributed by atoms with Crippen molar-refractivity contribution in [3.63, 3.8) is 0 Å². The number of hydrogen-bond acceptors (Lipinski definition) is 4. The second kappa shape index (κ2) is 6.19. The Kier molecular flexibility index (Phi) is 4.35. The maximum Gasteiger partial charge on any atom is 0.253 e. The fourth-order valence-corrected chi connectivity index (χ4v) is 1.79. The first kappa shape index (κ1) is 13.4. The Bertz CT molecular complexity index is 471. The van der Waals surface area contributed by atoms with E-state index >= 15 is 0 Å². The molecule has 0 radical (unpaired) electrons. The number of aliphatic imine (C=N–C) groups is 1. The number of carbonyl (C=O) groups excluding carboxylic acids is 1. The summed E-state index contributed by atoms with van der Waals surface area (Å²) in [5, 5.41) is 5.75. The van der Waals surface area contributed by atoms with Gasteiger partial charge in [0.2, 0.25) is 0 Å². The molecule has 0 aliphatic carbocycles. The number of carbonyl (C=O) groups is 1. The summed E-state index contributed by atoms with van der Waals surface area (Å²) in [5.74, 6) is 1.14. The van der Waals surface area contributed by atoms with E-state index in [1.54, 1.807) is 14.2 Å². The lowest BCUT2D eigenvalue weighted by atomic mass is 10.1. The molecule has 1 aromatic carbocycles. The van der Waals surface area contributed by atoms with E-state index in [-0.39, 0.29) is 5.91 Å². The van der Waals surface area contributed by atoms with Gasteiger partial charge in [0, 0.05) is 7.11 Å². The Hall–Kier alpha value is -2.08. The highest BCUT2D eigenvalue weighted by molar-refractivity contribution is 6.06. The lowest BCUT2D eigenvalue weighted by Gasteiger charge is -2.08. The Labute approximate surface area is 111 Å². The van der Waals surface area contributed by atoms with Crippen molar-refractivity contribution in [2.75, 3.05) is 27.4 Å². The maximum atomic E-state index is 11.9. The van der Waals surface area contributed by atoms with Crippen molar-refractivity contribution >= 4 is 11.9 Å². The number of hydrogen-bond donors (Lipinski definition) is 2. The highest BCUT2D eigenvalue weighted by Gasteiger charge is 2.29. The number of rotatable bonds is 5. The molecule has 1 fully saturated rings. The molecule has 0 saturated carbocycles. The van der Waals surface area contributed by atoms with E-state index in [2.05, 4.69) is 15.6 Å². The van der Waals surface area contributed by atoms with Gasteiger partial charge >= 0.3 is 0 Å². The van der Waals surface area contributed by atoms with Gasteiger partial charge in [-0.25, -0.2) is 0 Å². The van der Waals surface area contributed by atoms with Crippen LogP contribution in [0.2, 0.25) is 0 Å². The van der Waals surface area contributed by atoms with Gasteiger partial charge in [-0.3, -0.25) is 15.1 Å². The molecule has 102 valence electrons. The minimum atomic E-state index is -0.410. The average Bonchev–Trinajstić information content (AvgIpc) is 2.80. The number of nitrogens with one attached hydrogen (secondary N) is 2. The monoisotopic (exact) mass is 263 g/mol. The minimum absolute atomic E-state index is 0.110. The first-order valence-corrected chi connectivity index (χ1v) is 5.99. The molecule has 19 heavy (non-hydrogen) atoms. The molecule has 1 amide bonds. The predicted molar refractivity (Wildman–Crippen MR) is 71.2 cm³/mol. The van der Waals surface area contributed by atoms with Crippen molar-refractivity contribution in [1.29, 1.82) is 0 Å². The number of nitrogens with zero attached hydrogens (tertiary/aromatic N) is 1. The van der Waals surface area contributed by atoms with E-state index in [1.165, 1.54) is 0 Å². The van der Waals surface area contributed by atoms with Gasteiger partial charge in [0.1, 0.15) is 11.8 Å². The molecule has 0 bridgehead atoms. The molecule has 1 aliphatic heterocycles. The van der Waals surface area contributed by atoms with Gasteiger partial charge in [-0.1, -0.05) is 12.1 Å². The van der Waals surface area contributed by atoms with Gasteiger partial charge in [-0.05, 0) is 17.7 Å². The van der Waals surface area contributed by atoms with Crippen molar-refractivity contribution in [3.8, 4) is 5.75 Å². The highest BCUT2D eigenvalue weighted by atomic mass is 16.5. The largest absolute Gasteiger partial charge is 0.497 e. The maximum absolute atomic E-state index is 11.9. The Morgan fingerprint density at radius 2 is 2.00 bits per heavy atom. The average molecular weight is 263 g/mol. The molecular weight excluding hydrogens is 246 g/mol. The molecule has 6 heteroatoms. The van der Waals surface area contributed by atoms with Crippen LogP contribution in [0.4, 0.5) is 0 Å². The molecule has 1 unspecified atom stereocenters. The quantitative estimate of drug-likeness (QED) is 0.757. The smallest absolute Gasteiger partial charge is 0.253 e. The van der Waals surface area contributed by atoms with Crippen LogP contribution in [0.15, 0.2) is 29.3 Å². The van der Waals surface area contributed by atoms with Crippen LogP contribution in [0.25, 0.3) is 0 Å². The van der Waals surface area contributed by atoms with Gasteiger partial charge in [-0.15, -0.1) is 0 Å². The molecule has 1 aromatic rings. The van der Waals surface area contributed by atoms with Crippen LogP contribution in [0.3, 0.4) is 0 Å². The SMILES string of the molecule is COCCN=C1NC(=O)C(c2ccc(OC)cc2)N1. The minimum Gasteiger partial charge on any atom is -0.497 e. The number of amides is 1. The summed E-state index contributed by atoms with van der Waals surface area (Å²) in [7, 11) is 3.22. The molecular formula is C13H17N3O3. The van der Waals surface area contributed by atoms with E-state index in [4.69, 9.17) is 9.47 Å². The van der Waals surface area contributed by atoms with Crippen LogP contribution < -0.4 is 15.4 Å². The molecule has 2 N–H and O–H groups in total. The second-order valence-corrected chi connectivity index (χ2v) is 4.06. The summed E-state index contributed by atoms with van der Waals surface area (Å²) < 4.78 is 9.99. The van der Waals surface area contributed by atoms with E-state index in [9.17, 15) is 4.79 Å². The summed E-state index contributed by atoms with van der Waals surface area (Å²) >= 11 is 0. The Morgan fingerprint density at radius 1 is 1.26 bits per heavy atom. The second-order valence-electron chi connectivity index (χ2n) is 4.06. The van der Waals surface area contributed by atoms with Crippen molar-refractivity contribution in [1.82, 2.24) is 10.6 Å². The molecule has 0 aromatic heterocycles. The Balaban J connectivity index is 2.04. The molecule has 2 rings (SSSR count). The molecule has 1 heterocycles. The van der Waals surface area contributed by atoms with Gasteiger partial charge < -0.3 is 14.8 Å². The lowest BCUT2D eigenvalue weighted by molar-refractivity contribution is -0.120. The van der Waals surface area contributed by atoms with Crippen LogP contribution in [0, 0.1) is 0 Å². The molecule has 1 atom stereocenters. The summed E-state index contributed by atoms with van der Waals surface area (Å²) in [5.41, 5.74) is 0.871. The Morgan fingerprint density at radius 3 is 2.63 bits per heavy atom.